The van der Waals surface area contributed by atoms with Crippen molar-refractivity contribution in [2.45, 2.75) is 39.7 Å². The minimum atomic E-state index is -0.442. The average molecular weight is 432 g/mol. The number of nitro groups is 1. The second kappa shape index (κ2) is 10.1. The summed E-state index contributed by atoms with van der Waals surface area (Å²) in [6.45, 7) is 10.7. The topological polar surface area (TPSA) is 99.0 Å². The summed E-state index contributed by atoms with van der Waals surface area (Å²) in [4.78, 5) is 41.5. The fraction of sp³-hybridized carbons (Fsp3) is 0.636. The van der Waals surface area contributed by atoms with Crippen molar-refractivity contribution in [3.63, 3.8) is 0 Å². The van der Waals surface area contributed by atoms with Crippen LogP contribution in [0.25, 0.3) is 0 Å². The van der Waals surface area contributed by atoms with Gasteiger partial charge >= 0.3 is 0 Å². The van der Waals surface area contributed by atoms with Gasteiger partial charge in [0.15, 0.2) is 0 Å². The molecule has 31 heavy (non-hydrogen) atoms. The van der Waals surface area contributed by atoms with Crippen LogP contribution in [0.2, 0.25) is 0 Å². The van der Waals surface area contributed by atoms with Gasteiger partial charge in [-0.05, 0) is 44.4 Å². The highest BCUT2D eigenvalue weighted by Gasteiger charge is 2.26. The van der Waals surface area contributed by atoms with Crippen LogP contribution < -0.4 is 10.2 Å². The van der Waals surface area contributed by atoms with Crippen LogP contribution in [-0.2, 0) is 4.79 Å². The van der Waals surface area contributed by atoms with E-state index in [0.29, 0.717) is 37.8 Å². The number of carbonyl (C=O) groups excluding carboxylic acids is 2. The monoisotopic (exact) mass is 431 g/mol. The minimum Gasteiger partial charge on any atom is -0.362 e. The Morgan fingerprint density at radius 1 is 1.23 bits per heavy atom. The van der Waals surface area contributed by atoms with Crippen LogP contribution in [0.1, 0.15) is 44.0 Å². The predicted molar refractivity (Wildman–Crippen MR) is 119 cm³/mol. The quantitative estimate of drug-likeness (QED) is 0.547. The number of amides is 2. The molecule has 0 aromatic heterocycles. The number of nitrogens with one attached hydrogen (secondary N) is 1. The first kappa shape index (κ1) is 23.0. The lowest BCUT2D eigenvalue weighted by molar-refractivity contribution is -0.384. The zero-order valence-electron chi connectivity index (χ0n) is 18.7. The van der Waals surface area contributed by atoms with Crippen molar-refractivity contribution in [2.24, 2.45) is 5.92 Å². The van der Waals surface area contributed by atoms with Crippen molar-refractivity contribution < 1.29 is 14.5 Å². The lowest BCUT2D eigenvalue weighted by Crippen LogP contribution is -2.48. The maximum atomic E-state index is 12.7. The van der Waals surface area contributed by atoms with Crippen molar-refractivity contribution in [3.05, 3.63) is 33.9 Å². The van der Waals surface area contributed by atoms with Crippen molar-refractivity contribution >= 4 is 23.2 Å². The van der Waals surface area contributed by atoms with Gasteiger partial charge in [0.05, 0.1) is 4.92 Å². The summed E-state index contributed by atoms with van der Waals surface area (Å²) < 4.78 is 0. The molecule has 2 fully saturated rings. The zero-order chi connectivity index (χ0) is 22.5. The summed E-state index contributed by atoms with van der Waals surface area (Å²) in [5.41, 5.74) is 0.693. The molecule has 1 N–H and O–H groups in total. The van der Waals surface area contributed by atoms with Crippen LogP contribution in [0.5, 0.6) is 0 Å². The zero-order valence-corrected chi connectivity index (χ0v) is 18.7. The van der Waals surface area contributed by atoms with E-state index in [9.17, 15) is 19.7 Å². The lowest BCUT2D eigenvalue weighted by Gasteiger charge is -2.35. The largest absolute Gasteiger partial charge is 0.362 e. The van der Waals surface area contributed by atoms with Gasteiger partial charge in [0.2, 0.25) is 5.91 Å². The van der Waals surface area contributed by atoms with Crippen LogP contribution in [0.4, 0.5) is 11.4 Å². The summed E-state index contributed by atoms with van der Waals surface area (Å²) in [6.07, 6.45) is 2.42. The van der Waals surface area contributed by atoms with Crippen molar-refractivity contribution in [1.29, 1.82) is 0 Å². The molecule has 2 saturated heterocycles. The number of carbonyl (C=O) groups is 2. The van der Waals surface area contributed by atoms with Crippen LogP contribution in [-0.4, -0.2) is 78.4 Å². The molecule has 2 aliphatic heterocycles. The Hall–Kier alpha value is -2.68. The third-order valence-electron chi connectivity index (χ3n) is 6.15. The fourth-order valence-corrected chi connectivity index (χ4v) is 4.53. The van der Waals surface area contributed by atoms with Gasteiger partial charge in [-0.15, -0.1) is 0 Å². The smallest absolute Gasteiger partial charge is 0.293 e. The van der Waals surface area contributed by atoms with Gasteiger partial charge in [0, 0.05) is 63.9 Å². The Morgan fingerprint density at radius 3 is 2.55 bits per heavy atom. The lowest BCUT2D eigenvalue weighted by atomic mass is 10.00. The first-order valence-electron chi connectivity index (χ1n) is 11.1. The number of rotatable bonds is 6. The summed E-state index contributed by atoms with van der Waals surface area (Å²) in [5, 5.41) is 14.7. The van der Waals surface area contributed by atoms with E-state index >= 15 is 0 Å². The number of likely N-dealkylation sites (tertiary alicyclic amines) is 1. The molecule has 2 heterocycles. The number of benzene rings is 1. The molecule has 9 nitrogen and oxygen atoms in total. The number of nitrogens with zero attached hydrogens (tertiary/aromatic N) is 4. The van der Waals surface area contributed by atoms with Crippen LogP contribution in [0, 0.1) is 16.0 Å². The third-order valence-corrected chi connectivity index (χ3v) is 6.15. The highest BCUT2D eigenvalue weighted by atomic mass is 16.6. The standard InChI is InChI=1S/C22H33N5O4/c1-16-5-4-8-24(14-16)15-17(2)23-22(29)19-6-7-20(21(13-19)27(30)31)26-11-9-25(10-12-26)18(3)28/h6-7,13,16-17H,4-5,8-12,14-15H2,1-3H3,(H,23,29). The Balaban J connectivity index is 1.65. The summed E-state index contributed by atoms with van der Waals surface area (Å²) in [7, 11) is 0. The van der Waals surface area contributed by atoms with E-state index in [1.165, 1.54) is 25.8 Å². The van der Waals surface area contributed by atoms with Gasteiger partial charge in [0.25, 0.3) is 11.6 Å². The molecule has 2 unspecified atom stereocenters. The van der Waals surface area contributed by atoms with Crippen molar-refractivity contribution in [3.8, 4) is 0 Å². The first-order chi connectivity index (χ1) is 14.7. The fourth-order valence-electron chi connectivity index (χ4n) is 4.53. The minimum absolute atomic E-state index is 0.00861. The average Bonchev–Trinajstić information content (AvgIpc) is 2.73. The summed E-state index contributed by atoms with van der Waals surface area (Å²) in [5.74, 6) is 0.382. The SMILES string of the molecule is CC(=O)N1CCN(c2ccc(C(=O)NC(C)CN3CCCC(C)C3)cc2[N+](=O)[O-])CC1. The molecule has 2 atom stereocenters. The molecule has 1 aromatic carbocycles. The molecular formula is C22H33N5O4. The van der Waals surface area contributed by atoms with E-state index in [0.717, 1.165) is 19.6 Å². The normalized spacial score (nSPS) is 20.9. The van der Waals surface area contributed by atoms with Crippen molar-refractivity contribution in [1.82, 2.24) is 15.1 Å². The second-order valence-electron chi connectivity index (χ2n) is 8.84. The van der Waals surface area contributed by atoms with E-state index < -0.39 is 4.92 Å². The highest BCUT2D eigenvalue weighted by molar-refractivity contribution is 5.96. The molecule has 3 rings (SSSR count). The number of anilines is 1. The molecule has 170 valence electrons. The number of piperazine rings is 1. The van der Waals surface area contributed by atoms with E-state index in [-0.39, 0.29) is 29.1 Å². The van der Waals surface area contributed by atoms with E-state index in [1.807, 2.05) is 11.8 Å². The summed E-state index contributed by atoms with van der Waals surface area (Å²) in [6, 6.07) is 4.60. The third kappa shape index (κ3) is 5.94. The number of hydrogen-bond acceptors (Lipinski definition) is 6. The van der Waals surface area contributed by atoms with Gasteiger partial charge in [0.1, 0.15) is 5.69 Å². The van der Waals surface area contributed by atoms with E-state index in [4.69, 9.17) is 0 Å². The molecule has 0 bridgehead atoms. The number of nitro benzene ring substituents is 1. The molecule has 2 amide bonds. The van der Waals surface area contributed by atoms with Crippen LogP contribution in [0.15, 0.2) is 18.2 Å². The molecule has 9 heteroatoms. The predicted octanol–water partition coefficient (Wildman–Crippen LogP) is 2.11. The molecule has 2 aliphatic rings. The highest BCUT2D eigenvalue weighted by Crippen LogP contribution is 2.30. The Bertz CT molecular complexity index is 822. The molecule has 0 saturated carbocycles. The first-order valence-corrected chi connectivity index (χ1v) is 11.1. The maximum Gasteiger partial charge on any atom is 0.293 e. The molecule has 0 aliphatic carbocycles. The van der Waals surface area contributed by atoms with Gasteiger partial charge in [-0.2, -0.15) is 0 Å². The Morgan fingerprint density at radius 2 is 1.94 bits per heavy atom. The van der Waals surface area contributed by atoms with Gasteiger partial charge < -0.3 is 20.0 Å². The van der Waals surface area contributed by atoms with Crippen LogP contribution in [0.3, 0.4) is 0 Å². The Kier molecular flexibility index (Phi) is 7.48. The molecule has 0 radical (unpaired) electrons. The second-order valence-corrected chi connectivity index (χ2v) is 8.84. The van der Waals surface area contributed by atoms with E-state index in [2.05, 4.69) is 17.1 Å². The maximum absolute atomic E-state index is 12.7. The number of hydrogen-bond donors (Lipinski definition) is 1. The molecule has 0 spiro atoms. The molecular weight excluding hydrogens is 398 g/mol. The molecule has 1 aromatic rings. The summed E-state index contributed by atoms with van der Waals surface area (Å²) >= 11 is 0. The van der Waals surface area contributed by atoms with Gasteiger partial charge in [-0.25, -0.2) is 0 Å². The van der Waals surface area contributed by atoms with Crippen LogP contribution >= 0.6 is 0 Å². The van der Waals surface area contributed by atoms with E-state index in [1.54, 1.807) is 17.0 Å². The van der Waals surface area contributed by atoms with Crippen molar-refractivity contribution in [2.75, 3.05) is 50.7 Å². The number of piperidine rings is 1. The van der Waals surface area contributed by atoms with Gasteiger partial charge in [-0.3, -0.25) is 19.7 Å². The van der Waals surface area contributed by atoms with Gasteiger partial charge in [-0.1, -0.05) is 6.92 Å². The Labute approximate surface area is 183 Å².